The smallest absolute Gasteiger partial charge is 0.254 e. The number of carbonyl (C=O) groups excluding carboxylic acids is 1. The van der Waals surface area contributed by atoms with Gasteiger partial charge in [-0.3, -0.25) is 4.79 Å². The summed E-state index contributed by atoms with van der Waals surface area (Å²) in [5, 5.41) is 5.96. The molecule has 0 fully saturated rings. The average Bonchev–Trinajstić information content (AvgIpc) is 2.62. The lowest BCUT2D eigenvalue weighted by molar-refractivity contribution is 0.0950. The van der Waals surface area contributed by atoms with Crippen LogP contribution in [0, 0.1) is 6.92 Å². The number of aryl methyl sites for hydroxylation is 1. The van der Waals surface area contributed by atoms with Crippen LogP contribution in [0.5, 0.6) is 0 Å². The van der Waals surface area contributed by atoms with Crippen LogP contribution in [-0.2, 0) is 6.54 Å². The third-order valence-corrected chi connectivity index (χ3v) is 4.08. The lowest BCUT2D eigenvalue weighted by atomic mass is 10.1. The molecule has 25 heavy (non-hydrogen) atoms. The molecule has 0 saturated heterocycles. The molecule has 6 heteroatoms. The highest BCUT2D eigenvalue weighted by molar-refractivity contribution is 9.10. The quantitative estimate of drug-likeness (QED) is 0.677. The van der Waals surface area contributed by atoms with Crippen molar-refractivity contribution in [3.63, 3.8) is 0 Å². The normalized spacial score (nSPS) is 10.3. The highest BCUT2D eigenvalue weighted by Crippen LogP contribution is 2.16. The van der Waals surface area contributed by atoms with Crippen molar-refractivity contribution in [3.8, 4) is 0 Å². The van der Waals surface area contributed by atoms with Crippen molar-refractivity contribution in [2.24, 2.45) is 0 Å². The van der Waals surface area contributed by atoms with Gasteiger partial charge in [-0.25, -0.2) is 9.97 Å². The lowest BCUT2D eigenvalue weighted by Gasteiger charge is -2.07. The Morgan fingerprint density at radius 3 is 2.48 bits per heavy atom. The molecule has 1 heterocycles. The first-order valence-corrected chi connectivity index (χ1v) is 8.58. The minimum absolute atomic E-state index is 0.198. The molecule has 3 aromatic rings. The van der Waals surface area contributed by atoms with Crippen LogP contribution in [0.15, 0.2) is 65.4 Å². The molecule has 0 saturated carbocycles. The van der Waals surface area contributed by atoms with Gasteiger partial charge in [-0.2, -0.15) is 0 Å². The number of nitrogens with one attached hydrogen (secondary N) is 2. The van der Waals surface area contributed by atoms with Crippen LogP contribution in [0.25, 0.3) is 0 Å². The van der Waals surface area contributed by atoms with Crippen molar-refractivity contribution < 1.29 is 4.79 Å². The second kappa shape index (κ2) is 7.90. The van der Waals surface area contributed by atoms with E-state index in [0.717, 1.165) is 15.7 Å². The van der Waals surface area contributed by atoms with Crippen LogP contribution in [0.1, 0.15) is 21.5 Å². The standard InChI is InChI=1S/C19H17BrN4O/c1-13-3-2-4-14(9-13)10-21-18(25)15-11-22-19(23-12-15)24-17-7-5-16(20)6-8-17/h2-9,11-12H,10H2,1H3,(H,21,25)(H,22,23,24). The third-order valence-electron chi connectivity index (χ3n) is 3.55. The second-order valence-electron chi connectivity index (χ2n) is 5.60. The van der Waals surface area contributed by atoms with Crippen LogP contribution in [0.4, 0.5) is 11.6 Å². The predicted octanol–water partition coefficient (Wildman–Crippen LogP) is 4.22. The fourth-order valence-electron chi connectivity index (χ4n) is 2.28. The molecule has 2 aromatic carbocycles. The minimum Gasteiger partial charge on any atom is -0.348 e. The van der Waals surface area contributed by atoms with Crippen molar-refractivity contribution in [1.82, 2.24) is 15.3 Å². The number of carbonyl (C=O) groups is 1. The lowest BCUT2D eigenvalue weighted by Crippen LogP contribution is -2.23. The zero-order chi connectivity index (χ0) is 17.6. The first-order chi connectivity index (χ1) is 12.1. The first-order valence-electron chi connectivity index (χ1n) is 7.78. The molecule has 0 aliphatic heterocycles. The highest BCUT2D eigenvalue weighted by atomic mass is 79.9. The van der Waals surface area contributed by atoms with E-state index in [1.807, 2.05) is 55.5 Å². The Labute approximate surface area is 154 Å². The van der Waals surface area contributed by atoms with Crippen LogP contribution >= 0.6 is 15.9 Å². The number of halogens is 1. The Balaban J connectivity index is 1.59. The first kappa shape index (κ1) is 17.1. The molecule has 0 spiro atoms. The Bertz CT molecular complexity index is 863. The summed E-state index contributed by atoms with van der Waals surface area (Å²) in [5.74, 6) is 0.245. The van der Waals surface area contributed by atoms with Gasteiger partial charge in [-0.1, -0.05) is 45.8 Å². The monoisotopic (exact) mass is 396 g/mol. The Kier molecular flexibility index (Phi) is 5.40. The number of hydrogen-bond acceptors (Lipinski definition) is 4. The van der Waals surface area contributed by atoms with Crippen LogP contribution in [0.3, 0.4) is 0 Å². The van der Waals surface area contributed by atoms with Gasteiger partial charge in [0.05, 0.1) is 5.56 Å². The molecule has 0 aliphatic carbocycles. The molecule has 0 bridgehead atoms. The summed E-state index contributed by atoms with van der Waals surface area (Å²) in [5.41, 5.74) is 3.52. The topological polar surface area (TPSA) is 66.9 Å². The average molecular weight is 397 g/mol. The molecule has 126 valence electrons. The van der Waals surface area contributed by atoms with Gasteiger partial charge in [-0.15, -0.1) is 0 Å². The van der Waals surface area contributed by atoms with Gasteiger partial charge >= 0.3 is 0 Å². The number of benzene rings is 2. The molecule has 1 aromatic heterocycles. The van der Waals surface area contributed by atoms with E-state index in [-0.39, 0.29) is 5.91 Å². The maximum absolute atomic E-state index is 12.2. The summed E-state index contributed by atoms with van der Waals surface area (Å²) in [6, 6.07) is 15.7. The number of hydrogen-bond donors (Lipinski definition) is 2. The van der Waals surface area contributed by atoms with Gasteiger partial charge in [0, 0.05) is 29.1 Å². The van der Waals surface area contributed by atoms with Crippen molar-refractivity contribution in [2.75, 3.05) is 5.32 Å². The zero-order valence-electron chi connectivity index (χ0n) is 13.7. The SMILES string of the molecule is Cc1cccc(CNC(=O)c2cnc(Nc3ccc(Br)cc3)nc2)c1. The van der Waals surface area contributed by atoms with E-state index in [4.69, 9.17) is 0 Å². The van der Waals surface area contributed by atoms with Gasteiger partial charge in [0.2, 0.25) is 5.95 Å². The molecular weight excluding hydrogens is 380 g/mol. The molecule has 0 atom stereocenters. The molecule has 1 amide bonds. The van der Waals surface area contributed by atoms with E-state index in [1.54, 1.807) is 0 Å². The molecule has 0 aliphatic rings. The van der Waals surface area contributed by atoms with E-state index >= 15 is 0 Å². The molecule has 0 unspecified atom stereocenters. The molecule has 5 nitrogen and oxygen atoms in total. The predicted molar refractivity (Wildman–Crippen MR) is 102 cm³/mol. The minimum atomic E-state index is -0.198. The Hall–Kier alpha value is -2.73. The summed E-state index contributed by atoms with van der Waals surface area (Å²) < 4.78 is 1.000. The second-order valence-corrected chi connectivity index (χ2v) is 6.51. The summed E-state index contributed by atoms with van der Waals surface area (Å²) in [4.78, 5) is 20.6. The number of amides is 1. The Morgan fingerprint density at radius 2 is 1.80 bits per heavy atom. The summed E-state index contributed by atoms with van der Waals surface area (Å²) >= 11 is 3.39. The number of anilines is 2. The summed E-state index contributed by atoms with van der Waals surface area (Å²) in [7, 11) is 0. The van der Waals surface area contributed by atoms with E-state index in [9.17, 15) is 4.79 Å². The third kappa shape index (κ3) is 4.87. The highest BCUT2D eigenvalue weighted by Gasteiger charge is 2.07. The van der Waals surface area contributed by atoms with Crippen LogP contribution in [-0.4, -0.2) is 15.9 Å². The van der Waals surface area contributed by atoms with Crippen molar-refractivity contribution in [3.05, 3.63) is 82.1 Å². The number of aromatic nitrogens is 2. The zero-order valence-corrected chi connectivity index (χ0v) is 15.2. The Morgan fingerprint density at radius 1 is 1.08 bits per heavy atom. The van der Waals surface area contributed by atoms with Crippen LogP contribution < -0.4 is 10.6 Å². The molecule has 0 radical (unpaired) electrons. The maximum Gasteiger partial charge on any atom is 0.254 e. The van der Waals surface area contributed by atoms with Crippen molar-refractivity contribution in [1.29, 1.82) is 0 Å². The maximum atomic E-state index is 12.2. The van der Waals surface area contributed by atoms with E-state index < -0.39 is 0 Å². The largest absolute Gasteiger partial charge is 0.348 e. The van der Waals surface area contributed by atoms with Crippen molar-refractivity contribution >= 4 is 33.5 Å². The van der Waals surface area contributed by atoms with E-state index in [2.05, 4.69) is 36.5 Å². The van der Waals surface area contributed by atoms with E-state index in [1.165, 1.54) is 18.0 Å². The number of nitrogens with zero attached hydrogens (tertiary/aromatic N) is 2. The van der Waals surface area contributed by atoms with Crippen molar-refractivity contribution in [2.45, 2.75) is 13.5 Å². The van der Waals surface area contributed by atoms with Gasteiger partial charge in [0.1, 0.15) is 0 Å². The van der Waals surface area contributed by atoms with Crippen LogP contribution in [0.2, 0.25) is 0 Å². The number of rotatable bonds is 5. The fourth-order valence-corrected chi connectivity index (χ4v) is 2.54. The fraction of sp³-hybridized carbons (Fsp3) is 0.105. The van der Waals surface area contributed by atoms with Gasteiger partial charge in [0.25, 0.3) is 5.91 Å². The van der Waals surface area contributed by atoms with Gasteiger partial charge < -0.3 is 10.6 Å². The van der Waals surface area contributed by atoms with E-state index in [0.29, 0.717) is 18.1 Å². The summed E-state index contributed by atoms with van der Waals surface area (Å²) in [6.07, 6.45) is 3.03. The molecule has 3 rings (SSSR count). The van der Waals surface area contributed by atoms with Gasteiger partial charge in [0.15, 0.2) is 0 Å². The summed E-state index contributed by atoms with van der Waals surface area (Å²) in [6.45, 7) is 2.50. The molecular formula is C19H17BrN4O. The van der Waals surface area contributed by atoms with Gasteiger partial charge in [-0.05, 0) is 36.8 Å². The molecule has 2 N–H and O–H groups in total.